The zero-order valence-corrected chi connectivity index (χ0v) is 16.0. The SMILES string of the molecule is CC1=CC(=Nc2ccc(NCCC[N+](C)(C)C)cc2)C(N)=C(Cl)C1=O. The Morgan fingerprint density at radius 1 is 1.20 bits per heavy atom. The number of benzene rings is 1. The molecule has 1 aromatic rings. The first-order chi connectivity index (χ1) is 11.7. The van der Waals surface area contributed by atoms with Crippen LogP contribution in [0.2, 0.25) is 0 Å². The van der Waals surface area contributed by atoms with Crippen LogP contribution in [0.4, 0.5) is 11.4 Å². The predicted octanol–water partition coefficient (Wildman–Crippen LogP) is 3.21. The van der Waals surface area contributed by atoms with E-state index >= 15 is 0 Å². The number of nitrogens with two attached hydrogens (primary N) is 1. The highest BCUT2D eigenvalue weighted by atomic mass is 35.5. The second-order valence-corrected chi connectivity index (χ2v) is 7.60. The monoisotopic (exact) mass is 361 g/mol. The van der Waals surface area contributed by atoms with Crippen LogP contribution >= 0.6 is 11.6 Å². The number of ketones is 1. The lowest BCUT2D eigenvalue weighted by atomic mass is 10.0. The van der Waals surface area contributed by atoms with Gasteiger partial charge in [-0.15, -0.1) is 0 Å². The van der Waals surface area contributed by atoms with Gasteiger partial charge in [0.05, 0.1) is 44.8 Å². The molecule has 3 N–H and O–H groups in total. The molecule has 0 unspecified atom stereocenters. The average Bonchev–Trinajstić information content (AvgIpc) is 2.55. The number of allylic oxidation sites excluding steroid dienone is 3. The molecule has 0 aliphatic heterocycles. The lowest BCUT2D eigenvalue weighted by Crippen LogP contribution is -2.36. The van der Waals surface area contributed by atoms with Crippen molar-refractivity contribution in [1.82, 2.24) is 0 Å². The summed E-state index contributed by atoms with van der Waals surface area (Å²) in [6.45, 7) is 3.75. The number of hydrogen-bond acceptors (Lipinski definition) is 4. The van der Waals surface area contributed by atoms with Crippen LogP contribution in [0.5, 0.6) is 0 Å². The van der Waals surface area contributed by atoms with E-state index < -0.39 is 0 Å². The van der Waals surface area contributed by atoms with Gasteiger partial charge in [0.25, 0.3) is 0 Å². The summed E-state index contributed by atoms with van der Waals surface area (Å²) >= 11 is 5.97. The number of anilines is 1. The van der Waals surface area contributed by atoms with Crippen molar-refractivity contribution in [1.29, 1.82) is 0 Å². The van der Waals surface area contributed by atoms with Crippen molar-refractivity contribution in [2.75, 3.05) is 39.5 Å². The van der Waals surface area contributed by atoms with Gasteiger partial charge in [-0.25, -0.2) is 4.99 Å². The third kappa shape index (κ3) is 5.44. The number of Topliss-reactive ketones (excluding diaryl/α,β-unsaturated/α-hetero) is 1. The summed E-state index contributed by atoms with van der Waals surface area (Å²) in [4.78, 5) is 16.3. The number of hydrogen-bond donors (Lipinski definition) is 2. The summed E-state index contributed by atoms with van der Waals surface area (Å²) in [6.07, 6.45) is 2.77. The van der Waals surface area contributed by atoms with Gasteiger partial charge in [-0.3, -0.25) is 4.79 Å². The minimum atomic E-state index is -0.244. The Morgan fingerprint density at radius 3 is 2.44 bits per heavy atom. The van der Waals surface area contributed by atoms with E-state index in [1.54, 1.807) is 13.0 Å². The van der Waals surface area contributed by atoms with Gasteiger partial charge in [0, 0.05) is 24.2 Å². The van der Waals surface area contributed by atoms with Gasteiger partial charge in [0.2, 0.25) is 5.78 Å². The smallest absolute Gasteiger partial charge is 0.202 e. The van der Waals surface area contributed by atoms with Crippen LogP contribution in [0.1, 0.15) is 13.3 Å². The minimum Gasteiger partial charge on any atom is -0.396 e. The van der Waals surface area contributed by atoms with E-state index in [9.17, 15) is 4.79 Å². The summed E-state index contributed by atoms with van der Waals surface area (Å²) in [5.41, 5.74) is 9.00. The Balaban J connectivity index is 2.02. The molecule has 0 saturated heterocycles. The van der Waals surface area contributed by atoms with Gasteiger partial charge in [-0.2, -0.15) is 0 Å². The number of halogens is 1. The van der Waals surface area contributed by atoms with E-state index in [0.717, 1.165) is 35.4 Å². The molecule has 0 atom stereocenters. The summed E-state index contributed by atoms with van der Waals surface area (Å²) in [6, 6.07) is 7.79. The maximum absolute atomic E-state index is 11.8. The van der Waals surface area contributed by atoms with Crippen LogP contribution in [0, 0.1) is 0 Å². The molecule has 0 bridgehead atoms. The maximum Gasteiger partial charge on any atom is 0.202 e. The van der Waals surface area contributed by atoms with Crippen LogP contribution < -0.4 is 11.1 Å². The molecule has 0 heterocycles. The summed E-state index contributed by atoms with van der Waals surface area (Å²) in [7, 11) is 6.57. The molecule has 2 rings (SSSR count). The molecule has 0 radical (unpaired) electrons. The Bertz CT molecular complexity index is 740. The molecular weight excluding hydrogens is 336 g/mol. The van der Waals surface area contributed by atoms with Crippen LogP contribution in [0.25, 0.3) is 0 Å². The number of rotatable bonds is 6. The summed E-state index contributed by atoms with van der Waals surface area (Å²) < 4.78 is 0.963. The fraction of sp³-hybridized carbons (Fsp3) is 0.368. The standard InChI is InChI=1S/C19H25ClN4O/c1-13-12-16(18(21)17(20)19(13)25)23-15-8-6-14(7-9-15)22-10-5-11-24(2,3)4/h6-9,12H,5,10-11H2,1-4H3,(H2-,21,22,25)/p+1. The molecule has 134 valence electrons. The van der Waals surface area contributed by atoms with Crippen molar-refractivity contribution in [3.8, 4) is 0 Å². The molecule has 1 aromatic carbocycles. The second kappa shape index (κ2) is 7.85. The third-order valence-electron chi connectivity index (χ3n) is 3.87. The fourth-order valence-corrected chi connectivity index (χ4v) is 2.67. The molecule has 25 heavy (non-hydrogen) atoms. The van der Waals surface area contributed by atoms with E-state index in [1.807, 2.05) is 24.3 Å². The first-order valence-electron chi connectivity index (χ1n) is 8.29. The van der Waals surface area contributed by atoms with Crippen LogP contribution in [-0.4, -0.2) is 50.2 Å². The largest absolute Gasteiger partial charge is 0.396 e. The lowest BCUT2D eigenvalue weighted by Gasteiger charge is -2.23. The maximum atomic E-state index is 11.8. The molecule has 0 aromatic heterocycles. The number of quaternary nitrogens is 1. The Labute approximate surface area is 154 Å². The Hall–Kier alpha value is -2.11. The van der Waals surface area contributed by atoms with E-state index in [0.29, 0.717) is 11.3 Å². The highest BCUT2D eigenvalue weighted by Gasteiger charge is 2.21. The zero-order valence-electron chi connectivity index (χ0n) is 15.3. The molecule has 6 heteroatoms. The number of nitrogens with zero attached hydrogens (tertiary/aromatic N) is 2. The molecule has 0 saturated carbocycles. The number of carbonyl (C=O) groups is 1. The van der Waals surface area contributed by atoms with Crippen molar-refractivity contribution >= 4 is 34.5 Å². The molecule has 5 nitrogen and oxygen atoms in total. The summed E-state index contributed by atoms with van der Waals surface area (Å²) in [5.74, 6) is -0.244. The van der Waals surface area contributed by atoms with Crippen molar-refractivity contribution in [2.45, 2.75) is 13.3 Å². The zero-order chi connectivity index (χ0) is 18.6. The van der Waals surface area contributed by atoms with Crippen LogP contribution in [0.3, 0.4) is 0 Å². The second-order valence-electron chi connectivity index (χ2n) is 7.22. The van der Waals surface area contributed by atoms with Gasteiger partial charge in [0.1, 0.15) is 5.03 Å². The Morgan fingerprint density at radius 2 is 1.84 bits per heavy atom. The third-order valence-corrected chi connectivity index (χ3v) is 4.25. The molecule has 0 fully saturated rings. The van der Waals surface area contributed by atoms with Gasteiger partial charge in [-0.05, 0) is 37.3 Å². The normalized spacial score (nSPS) is 17.1. The van der Waals surface area contributed by atoms with Crippen molar-refractivity contribution in [3.63, 3.8) is 0 Å². The van der Waals surface area contributed by atoms with Crippen molar-refractivity contribution in [3.05, 3.63) is 46.6 Å². The van der Waals surface area contributed by atoms with Crippen LogP contribution in [-0.2, 0) is 4.79 Å². The van der Waals surface area contributed by atoms with Gasteiger partial charge >= 0.3 is 0 Å². The van der Waals surface area contributed by atoms with Crippen molar-refractivity contribution < 1.29 is 9.28 Å². The number of carbonyl (C=O) groups excluding carboxylic acids is 1. The first-order valence-corrected chi connectivity index (χ1v) is 8.67. The van der Waals surface area contributed by atoms with E-state index in [4.69, 9.17) is 17.3 Å². The number of nitrogens with one attached hydrogen (secondary N) is 1. The van der Waals surface area contributed by atoms with E-state index in [2.05, 4.69) is 31.5 Å². The quantitative estimate of drug-likeness (QED) is 0.464. The molecule has 0 amide bonds. The van der Waals surface area contributed by atoms with E-state index in [-0.39, 0.29) is 16.5 Å². The lowest BCUT2D eigenvalue weighted by molar-refractivity contribution is -0.870. The van der Waals surface area contributed by atoms with E-state index in [1.165, 1.54) is 0 Å². The number of aliphatic imine (C=N–C) groups is 1. The van der Waals surface area contributed by atoms with Gasteiger partial charge < -0.3 is 15.5 Å². The molecule has 1 aliphatic rings. The van der Waals surface area contributed by atoms with Gasteiger partial charge in [-0.1, -0.05) is 11.6 Å². The topological polar surface area (TPSA) is 67.5 Å². The van der Waals surface area contributed by atoms with Gasteiger partial charge in [0.15, 0.2) is 0 Å². The minimum absolute atomic E-state index is 0.0364. The fourth-order valence-electron chi connectivity index (χ4n) is 2.43. The molecular formula is C19H26ClN4O+. The molecule has 0 spiro atoms. The highest BCUT2D eigenvalue weighted by molar-refractivity contribution is 6.49. The average molecular weight is 362 g/mol. The first kappa shape index (κ1) is 19.2. The highest BCUT2D eigenvalue weighted by Crippen LogP contribution is 2.23. The van der Waals surface area contributed by atoms with Crippen molar-refractivity contribution in [2.24, 2.45) is 10.7 Å². The summed E-state index contributed by atoms with van der Waals surface area (Å²) in [5, 5.41) is 3.44. The predicted molar refractivity (Wildman–Crippen MR) is 105 cm³/mol. The molecule has 1 aliphatic carbocycles. The Kier molecular flexibility index (Phi) is 6.03. The van der Waals surface area contributed by atoms with Crippen LogP contribution in [0.15, 0.2) is 51.6 Å².